The second kappa shape index (κ2) is 10.8. The molecule has 6 rings (SSSR count). The minimum Gasteiger partial charge on any atom is -0.488 e. The average molecular weight is 563 g/mol. The van der Waals surface area contributed by atoms with Crippen molar-refractivity contribution in [3.63, 3.8) is 0 Å². The number of anilines is 1. The molecule has 2 aromatic heterocycles. The molecule has 3 aromatic rings. The number of amides is 1. The Morgan fingerprint density at radius 2 is 1.85 bits per heavy atom. The molecule has 3 atom stereocenters. The van der Waals surface area contributed by atoms with E-state index in [1.54, 1.807) is 11.8 Å². The normalized spacial score (nSPS) is 21.8. The van der Waals surface area contributed by atoms with E-state index in [1.807, 2.05) is 69.4 Å². The van der Waals surface area contributed by atoms with Gasteiger partial charge in [-0.2, -0.15) is 5.10 Å². The summed E-state index contributed by atoms with van der Waals surface area (Å²) in [5.74, 6) is 2.10. The number of methoxy groups -OCH3 is 1. The molecule has 0 radical (unpaired) electrons. The molecule has 1 aromatic carbocycles. The van der Waals surface area contributed by atoms with Crippen LogP contribution in [0.3, 0.4) is 0 Å². The van der Waals surface area contributed by atoms with E-state index in [0.29, 0.717) is 23.8 Å². The first-order valence-corrected chi connectivity index (χ1v) is 14.2. The zero-order chi connectivity index (χ0) is 28.7. The van der Waals surface area contributed by atoms with Crippen molar-refractivity contribution in [3.05, 3.63) is 36.7 Å². The summed E-state index contributed by atoms with van der Waals surface area (Å²) >= 11 is 0. The number of benzene rings is 1. The van der Waals surface area contributed by atoms with Crippen molar-refractivity contribution in [2.45, 2.75) is 70.2 Å². The number of nitrogens with zero attached hydrogens (tertiary/aromatic N) is 6. The molecule has 2 fully saturated rings. The predicted octanol–water partition coefficient (Wildman–Crippen LogP) is 4.66. The molecule has 0 N–H and O–H groups in total. The van der Waals surface area contributed by atoms with Crippen LogP contribution in [0.25, 0.3) is 22.4 Å². The summed E-state index contributed by atoms with van der Waals surface area (Å²) < 4.78 is 24.7. The zero-order valence-corrected chi connectivity index (χ0v) is 24.4. The summed E-state index contributed by atoms with van der Waals surface area (Å²) in [5.41, 5.74) is 2.93. The zero-order valence-electron chi connectivity index (χ0n) is 24.4. The van der Waals surface area contributed by atoms with Gasteiger partial charge in [-0.05, 0) is 64.2 Å². The number of rotatable bonds is 6. The molecule has 218 valence electrons. The highest BCUT2D eigenvalue weighted by Gasteiger charge is 2.47. The number of aromatic nitrogens is 4. The number of ether oxygens (including phenoxy) is 4. The molecule has 3 aliphatic rings. The third-order valence-electron chi connectivity index (χ3n) is 7.98. The van der Waals surface area contributed by atoms with Gasteiger partial charge in [-0.3, -0.25) is 4.68 Å². The molecular weight excluding hydrogens is 524 g/mol. The monoisotopic (exact) mass is 562 g/mol. The molecule has 5 heterocycles. The van der Waals surface area contributed by atoms with Crippen molar-refractivity contribution in [2.75, 3.05) is 32.0 Å². The van der Waals surface area contributed by atoms with Gasteiger partial charge in [-0.15, -0.1) is 10.2 Å². The number of aryl methyl sites for hydroxylation is 1. The van der Waals surface area contributed by atoms with E-state index in [1.165, 1.54) is 0 Å². The highest BCUT2D eigenvalue weighted by atomic mass is 16.7. The lowest BCUT2D eigenvalue weighted by atomic mass is 9.95. The third-order valence-corrected chi connectivity index (χ3v) is 7.98. The van der Waals surface area contributed by atoms with Gasteiger partial charge >= 0.3 is 6.09 Å². The number of piperidine rings is 1. The highest BCUT2D eigenvalue weighted by molar-refractivity contribution is 5.76. The third kappa shape index (κ3) is 5.55. The SMILES string of the molecule is COCOc1cc(-c2cnn(C)c2)ccc1-c1cc2c(nn1)N(C1C[C@H]3CC[C@@H](C1)N3C(=O)OC(C)(C)C)CCO2. The van der Waals surface area contributed by atoms with Gasteiger partial charge in [0.2, 0.25) is 0 Å². The summed E-state index contributed by atoms with van der Waals surface area (Å²) in [6, 6.07) is 8.51. The van der Waals surface area contributed by atoms with Crippen LogP contribution in [0.4, 0.5) is 10.6 Å². The molecule has 0 spiro atoms. The highest BCUT2D eigenvalue weighted by Crippen LogP contribution is 2.43. The summed E-state index contributed by atoms with van der Waals surface area (Å²) in [4.78, 5) is 17.3. The van der Waals surface area contributed by atoms with Crippen molar-refractivity contribution in [3.8, 4) is 33.9 Å². The molecular formula is C30H38N6O5. The topological polar surface area (TPSA) is 104 Å². The standard InChI is InChI=1S/C30H38N6O5/c1-30(2,3)41-29(37)36-21-7-8-22(36)14-23(13-21)35-10-11-39-27-15-25(32-33-28(27)35)24-9-6-19(12-26(24)40-18-38-5)20-16-31-34(4)17-20/h6,9,12,15-17,21-23H,7-8,10-11,13-14,18H2,1-5H3/t21-,22+,23?. The molecule has 11 heteroatoms. The fourth-order valence-electron chi connectivity index (χ4n) is 6.26. The molecule has 3 aliphatic heterocycles. The van der Waals surface area contributed by atoms with Crippen LogP contribution in [0.15, 0.2) is 36.7 Å². The fraction of sp³-hybridized carbons (Fsp3) is 0.533. The van der Waals surface area contributed by atoms with Gasteiger partial charge < -0.3 is 28.7 Å². The Morgan fingerprint density at radius 1 is 1.07 bits per heavy atom. The molecule has 2 saturated heterocycles. The van der Waals surface area contributed by atoms with Gasteiger partial charge in [0, 0.05) is 55.7 Å². The fourth-order valence-corrected chi connectivity index (χ4v) is 6.26. The van der Waals surface area contributed by atoms with Crippen molar-refractivity contribution in [1.82, 2.24) is 24.9 Å². The molecule has 0 saturated carbocycles. The van der Waals surface area contributed by atoms with Crippen LogP contribution >= 0.6 is 0 Å². The Kier molecular flexibility index (Phi) is 7.23. The first-order chi connectivity index (χ1) is 19.7. The summed E-state index contributed by atoms with van der Waals surface area (Å²) in [6.45, 7) is 7.15. The van der Waals surface area contributed by atoms with E-state index in [0.717, 1.165) is 54.7 Å². The van der Waals surface area contributed by atoms with Crippen LogP contribution in [0, 0.1) is 0 Å². The van der Waals surface area contributed by atoms with Crippen molar-refractivity contribution in [2.24, 2.45) is 7.05 Å². The summed E-state index contributed by atoms with van der Waals surface area (Å²) in [7, 11) is 3.48. The van der Waals surface area contributed by atoms with Crippen LogP contribution in [0.5, 0.6) is 11.5 Å². The number of hydrogen-bond acceptors (Lipinski definition) is 9. The Balaban J connectivity index is 1.24. The van der Waals surface area contributed by atoms with E-state index in [-0.39, 0.29) is 31.0 Å². The van der Waals surface area contributed by atoms with Gasteiger partial charge in [0.1, 0.15) is 23.7 Å². The molecule has 41 heavy (non-hydrogen) atoms. The van der Waals surface area contributed by atoms with Crippen molar-refractivity contribution >= 4 is 11.9 Å². The lowest BCUT2D eigenvalue weighted by molar-refractivity contribution is 0.00559. The molecule has 11 nitrogen and oxygen atoms in total. The van der Waals surface area contributed by atoms with Crippen LogP contribution in [0.1, 0.15) is 46.5 Å². The Hall–Kier alpha value is -3.86. The van der Waals surface area contributed by atoms with Crippen LogP contribution in [-0.4, -0.2) is 81.8 Å². The minimum atomic E-state index is -0.503. The molecule has 2 bridgehead atoms. The Labute approximate surface area is 240 Å². The molecule has 0 aliphatic carbocycles. The summed E-state index contributed by atoms with van der Waals surface area (Å²) in [5, 5.41) is 13.6. The number of carbonyl (C=O) groups is 1. The smallest absolute Gasteiger partial charge is 0.410 e. The van der Waals surface area contributed by atoms with E-state index in [4.69, 9.17) is 18.9 Å². The van der Waals surface area contributed by atoms with Gasteiger partial charge in [0.15, 0.2) is 18.4 Å². The van der Waals surface area contributed by atoms with Crippen LogP contribution in [0.2, 0.25) is 0 Å². The lowest BCUT2D eigenvalue weighted by Crippen LogP contribution is -2.55. The van der Waals surface area contributed by atoms with E-state index < -0.39 is 5.60 Å². The van der Waals surface area contributed by atoms with E-state index in [2.05, 4.69) is 20.2 Å². The largest absolute Gasteiger partial charge is 0.488 e. The number of fused-ring (bicyclic) bond motifs is 3. The summed E-state index contributed by atoms with van der Waals surface area (Å²) in [6.07, 6.45) is 7.34. The predicted molar refractivity (Wildman–Crippen MR) is 153 cm³/mol. The average Bonchev–Trinajstić information content (AvgIpc) is 3.50. The van der Waals surface area contributed by atoms with Gasteiger partial charge in [0.25, 0.3) is 0 Å². The van der Waals surface area contributed by atoms with Crippen LogP contribution in [-0.2, 0) is 16.5 Å². The maximum atomic E-state index is 12.9. The minimum absolute atomic E-state index is 0.108. The van der Waals surface area contributed by atoms with Gasteiger partial charge in [0.05, 0.1) is 12.7 Å². The Morgan fingerprint density at radius 3 is 2.54 bits per heavy atom. The molecule has 1 amide bonds. The van der Waals surface area contributed by atoms with E-state index in [9.17, 15) is 4.79 Å². The number of carbonyl (C=O) groups excluding carboxylic acids is 1. The first-order valence-electron chi connectivity index (χ1n) is 14.2. The maximum absolute atomic E-state index is 12.9. The van der Waals surface area contributed by atoms with Gasteiger partial charge in [-0.25, -0.2) is 4.79 Å². The second-order valence-corrected chi connectivity index (χ2v) is 12.0. The van der Waals surface area contributed by atoms with E-state index >= 15 is 0 Å². The number of hydrogen-bond donors (Lipinski definition) is 0. The maximum Gasteiger partial charge on any atom is 0.410 e. The lowest BCUT2D eigenvalue weighted by Gasteiger charge is -2.44. The quantitative estimate of drug-likeness (QED) is 0.397. The van der Waals surface area contributed by atoms with Crippen molar-refractivity contribution in [1.29, 1.82) is 0 Å². The first kappa shape index (κ1) is 27.3. The second-order valence-electron chi connectivity index (χ2n) is 12.0. The van der Waals surface area contributed by atoms with Crippen LogP contribution < -0.4 is 14.4 Å². The van der Waals surface area contributed by atoms with Gasteiger partial charge in [-0.1, -0.05) is 6.07 Å². The molecule has 1 unspecified atom stereocenters. The van der Waals surface area contributed by atoms with Crippen molar-refractivity contribution < 1.29 is 23.7 Å². The Bertz CT molecular complexity index is 1400.